The van der Waals surface area contributed by atoms with Crippen molar-refractivity contribution in [1.29, 1.82) is 0 Å². The van der Waals surface area contributed by atoms with Gasteiger partial charge in [0.2, 0.25) is 17.7 Å². The Morgan fingerprint density at radius 3 is 0.767 bits per heavy atom. The van der Waals surface area contributed by atoms with Crippen molar-refractivity contribution in [2.45, 2.75) is 56.7 Å². The van der Waals surface area contributed by atoms with Crippen LogP contribution in [0.2, 0.25) is 0 Å². The van der Waals surface area contributed by atoms with Gasteiger partial charge in [-0.05, 0) is 55.7 Å². The lowest BCUT2D eigenvalue weighted by Gasteiger charge is -2.23. The van der Waals surface area contributed by atoms with Crippen LogP contribution in [0.4, 0.5) is 0 Å². The van der Waals surface area contributed by atoms with E-state index >= 15 is 0 Å². The first-order valence-electron chi connectivity index (χ1n) is 24.6. The summed E-state index contributed by atoms with van der Waals surface area (Å²) < 4.78 is 5.34. The van der Waals surface area contributed by atoms with E-state index < -0.39 is 36.0 Å². The first-order chi connectivity index (χ1) is 35.5. The van der Waals surface area contributed by atoms with Crippen molar-refractivity contribution in [2.75, 3.05) is 39.3 Å². The van der Waals surface area contributed by atoms with Gasteiger partial charge < -0.3 is 45.0 Å². The Morgan fingerprint density at radius 1 is 0.356 bits per heavy atom. The normalized spacial score (nSPS) is 12.9. The Balaban J connectivity index is 0.822. The van der Waals surface area contributed by atoms with Crippen LogP contribution < -0.4 is 16.0 Å². The van der Waals surface area contributed by atoms with Crippen LogP contribution in [0.15, 0.2) is 146 Å². The average molecular weight is 984 g/mol. The van der Waals surface area contributed by atoms with E-state index in [1.807, 2.05) is 150 Å². The highest BCUT2D eigenvalue weighted by Crippen LogP contribution is 2.36. The molecule has 0 saturated carbocycles. The van der Waals surface area contributed by atoms with Crippen LogP contribution in [0, 0.1) is 0 Å². The molecule has 0 saturated heterocycles. The third-order valence-corrected chi connectivity index (χ3v) is 13.8. The zero-order chi connectivity index (χ0) is 51.0. The molecule has 374 valence electrons. The van der Waals surface area contributed by atoms with Gasteiger partial charge in [-0.15, -0.1) is 0 Å². The number of rotatable bonds is 24. The highest BCUT2D eigenvalue weighted by molar-refractivity contribution is 6.11. The van der Waals surface area contributed by atoms with Crippen molar-refractivity contribution in [3.63, 3.8) is 0 Å². The minimum atomic E-state index is -1.05. The smallest absolute Gasteiger partial charge is 0.326 e. The van der Waals surface area contributed by atoms with Gasteiger partial charge in [0, 0.05) is 124 Å². The predicted molar refractivity (Wildman–Crippen MR) is 282 cm³/mol. The Kier molecular flexibility index (Phi) is 15.1. The van der Waals surface area contributed by atoms with Crippen molar-refractivity contribution >= 4 is 101 Å². The summed E-state index contributed by atoms with van der Waals surface area (Å²) in [5, 5.41) is 45.5. The molecule has 16 nitrogen and oxygen atoms in total. The van der Waals surface area contributed by atoms with Crippen LogP contribution in [-0.4, -0.2) is 109 Å². The van der Waals surface area contributed by atoms with Crippen LogP contribution in [0.1, 0.15) is 56.7 Å². The van der Waals surface area contributed by atoms with Crippen LogP contribution in [0.5, 0.6) is 0 Å². The second-order valence-electron chi connectivity index (χ2n) is 18.3. The van der Waals surface area contributed by atoms with Gasteiger partial charge in [0.15, 0.2) is 0 Å². The number of nitrogens with zero attached hydrogens (tertiary/aromatic N) is 4. The number of hydrogen-bond acceptors (Lipinski definition) is 7. The Morgan fingerprint density at radius 2 is 0.562 bits per heavy atom. The molecule has 0 aliphatic rings. The summed E-state index contributed by atoms with van der Waals surface area (Å²) in [4.78, 5) is 80.1. The highest BCUT2D eigenvalue weighted by atomic mass is 16.4. The third kappa shape index (κ3) is 10.6. The summed E-state index contributed by atoms with van der Waals surface area (Å²) in [6.07, 6.45) is -0.0225. The van der Waals surface area contributed by atoms with E-state index in [4.69, 9.17) is 0 Å². The van der Waals surface area contributed by atoms with Crippen molar-refractivity contribution < 1.29 is 44.1 Å². The molecule has 73 heavy (non-hydrogen) atoms. The maximum absolute atomic E-state index is 13.3. The Hall–Kier alpha value is -8.50. The van der Waals surface area contributed by atoms with Gasteiger partial charge in [0.1, 0.15) is 18.1 Å². The summed E-state index contributed by atoms with van der Waals surface area (Å²) in [6.45, 7) is 1.51. The summed E-state index contributed by atoms with van der Waals surface area (Å²) >= 11 is 0. The lowest BCUT2D eigenvalue weighted by atomic mass is 10.1. The third-order valence-electron chi connectivity index (χ3n) is 13.8. The number of carbonyl (C=O) groups excluding carboxylic acids is 3. The van der Waals surface area contributed by atoms with Gasteiger partial charge in [-0.25, -0.2) is 14.4 Å². The Labute approximate surface area is 419 Å². The number of carbonyl (C=O) groups is 6. The average Bonchev–Trinajstić information content (AvgIpc) is 4.02. The molecule has 16 heteroatoms. The molecular weight excluding hydrogens is 927 g/mol. The molecule has 3 aromatic heterocycles. The van der Waals surface area contributed by atoms with Crippen molar-refractivity contribution in [1.82, 2.24) is 34.6 Å². The molecule has 0 fully saturated rings. The maximum Gasteiger partial charge on any atom is 0.326 e. The first kappa shape index (κ1) is 49.5. The van der Waals surface area contributed by atoms with E-state index in [9.17, 15) is 44.1 Å². The fraction of sp³-hybridized carbons (Fsp3) is 0.263. The number of amides is 3. The number of carboxylic acids is 3. The van der Waals surface area contributed by atoms with Gasteiger partial charge >= 0.3 is 17.9 Å². The van der Waals surface area contributed by atoms with Crippen molar-refractivity contribution in [3.05, 3.63) is 146 Å². The lowest BCUT2D eigenvalue weighted by Crippen LogP contribution is -2.43. The fourth-order valence-corrected chi connectivity index (χ4v) is 10.4. The summed E-state index contributed by atoms with van der Waals surface area (Å²) in [6, 6.07) is 42.6. The summed E-state index contributed by atoms with van der Waals surface area (Å²) in [5.74, 6) is -4.15. The van der Waals surface area contributed by atoms with E-state index in [0.717, 1.165) is 65.4 Å². The molecule has 0 spiro atoms. The molecule has 9 aromatic rings. The number of hydrogen-bond donors (Lipinski definition) is 6. The van der Waals surface area contributed by atoms with E-state index in [-0.39, 0.29) is 75.9 Å². The predicted octanol–water partition coefficient (Wildman–Crippen LogP) is 8.28. The van der Waals surface area contributed by atoms with Crippen LogP contribution in [-0.2, 0) is 28.8 Å². The molecule has 0 radical (unpaired) electrons. The summed E-state index contributed by atoms with van der Waals surface area (Å²) in [7, 11) is 0. The number of aromatic nitrogens is 3. The standard InChI is InChI=1S/C57H57N7O9/c65-52(28-25-49(55(68)69)62-43-19-7-1-13-37(43)38-14-2-8-20-44(38)62)58-31-34-61(35-32-59-53(66)29-26-50(56(70)71)63-45-21-9-3-15-39(45)40-16-4-10-22-46(40)63)36-33-60-54(67)30-27-51(57(72)73)64-47-23-11-5-17-41(47)42-18-6-12-24-48(42)64/h1-24,49-51H,25-36H2,(H,58,65)(H,59,66)(H,60,67)(H,68,69)(H,70,71)(H,72,73)/t49-,50-,51-/m1/s1. The van der Waals surface area contributed by atoms with Crippen LogP contribution in [0.25, 0.3) is 65.4 Å². The Bertz CT molecular complexity index is 3000. The van der Waals surface area contributed by atoms with Gasteiger partial charge in [0.05, 0.1) is 0 Å². The second kappa shape index (κ2) is 22.3. The number of fused-ring (bicyclic) bond motifs is 9. The topological polar surface area (TPSA) is 217 Å². The minimum Gasteiger partial charge on any atom is -0.480 e. The molecule has 0 unspecified atom stereocenters. The zero-order valence-corrected chi connectivity index (χ0v) is 40.2. The van der Waals surface area contributed by atoms with Gasteiger partial charge in [-0.1, -0.05) is 109 Å². The van der Waals surface area contributed by atoms with Gasteiger partial charge in [-0.3, -0.25) is 19.3 Å². The second-order valence-corrected chi connectivity index (χ2v) is 18.3. The molecule has 6 aromatic carbocycles. The molecule has 6 N–H and O–H groups in total. The molecule has 3 amide bonds. The largest absolute Gasteiger partial charge is 0.480 e. The highest BCUT2D eigenvalue weighted by Gasteiger charge is 2.28. The molecular formula is C57H57N7O9. The van der Waals surface area contributed by atoms with Gasteiger partial charge in [0.25, 0.3) is 0 Å². The van der Waals surface area contributed by atoms with Crippen molar-refractivity contribution in [3.8, 4) is 0 Å². The molecule has 0 aliphatic carbocycles. The zero-order valence-electron chi connectivity index (χ0n) is 40.2. The van der Waals surface area contributed by atoms with Crippen LogP contribution in [0.3, 0.4) is 0 Å². The number of aliphatic carboxylic acids is 3. The number of nitrogens with one attached hydrogen (secondary N) is 3. The number of carboxylic acid groups (broad SMARTS) is 3. The lowest BCUT2D eigenvalue weighted by molar-refractivity contribution is -0.142. The molecule has 9 rings (SSSR count). The summed E-state index contributed by atoms with van der Waals surface area (Å²) in [5.41, 5.74) is 4.59. The fourth-order valence-electron chi connectivity index (χ4n) is 10.4. The minimum absolute atomic E-state index is 0.0463. The van der Waals surface area contributed by atoms with Gasteiger partial charge in [-0.2, -0.15) is 0 Å². The van der Waals surface area contributed by atoms with E-state index in [1.165, 1.54) is 0 Å². The molecule has 0 bridgehead atoms. The van der Waals surface area contributed by atoms with E-state index in [1.54, 1.807) is 13.7 Å². The van der Waals surface area contributed by atoms with E-state index in [0.29, 0.717) is 19.6 Å². The van der Waals surface area contributed by atoms with Crippen molar-refractivity contribution in [2.24, 2.45) is 0 Å². The number of para-hydroxylation sites is 6. The SMILES string of the molecule is O=C(CC[C@H](C(=O)O)n1c2ccccc2c2ccccc21)NCCN(CCNC(=O)CC[C@H](C(=O)O)n1c2ccccc2c2ccccc21)CCNC(=O)CC[C@H](C(=O)O)n1c2ccccc2c2ccccc21. The monoisotopic (exact) mass is 983 g/mol. The first-order valence-corrected chi connectivity index (χ1v) is 24.6. The van der Waals surface area contributed by atoms with E-state index in [2.05, 4.69) is 16.0 Å². The quantitative estimate of drug-likeness (QED) is 0.0341. The number of benzene rings is 6. The molecule has 3 heterocycles. The molecule has 3 atom stereocenters. The molecule has 0 aliphatic heterocycles. The van der Waals surface area contributed by atoms with Crippen LogP contribution >= 0.6 is 0 Å². The maximum atomic E-state index is 13.3.